The molecule has 0 aliphatic carbocycles. The summed E-state index contributed by atoms with van der Waals surface area (Å²) in [7, 11) is 1.44. The van der Waals surface area contributed by atoms with Gasteiger partial charge in [-0.15, -0.1) is 0 Å². The molecule has 1 fully saturated rings. The number of esters is 1. The van der Waals surface area contributed by atoms with Crippen LogP contribution in [0.4, 0.5) is 0 Å². The van der Waals surface area contributed by atoms with E-state index in [9.17, 15) is 14.7 Å². The largest absolute Gasteiger partial charge is 0.503 e. The maximum Gasteiger partial charge on any atom is 0.331 e. The molecule has 1 atom stereocenters. The van der Waals surface area contributed by atoms with Gasteiger partial charge in [0.1, 0.15) is 0 Å². The zero-order valence-corrected chi connectivity index (χ0v) is 15.9. The smallest absolute Gasteiger partial charge is 0.331 e. The summed E-state index contributed by atoms with van der Waals surface area (Å²) in [6.45, 7) is 2.47. The third kappa shape index (κ3) is 5.22. The molecule has 6 nitrogen and oxygen atoms in total. The van der Waals surface area contributed by atoms with Crippen molar-refractivity contribution in [1.29, 1.82) is 0 Å². The van der Waals surface area contributed by atoms with E-state index >= 15 is 0 Å². The molecule has 0 radical (unpaired) electrons. The molecule has 0 bridgehead atoms. The number of rotatable bonds is 5. The number of hydrogen-bond acceptors (Lipinski definition) is 5. The molecule has 1 N–H and O–H groups in total. The SMILES string of the molecule is COc1cc(/C=C/C(=O)OCC(=O)N2CCCC[C@@H]2C)cc(Br)c1O. The molecule has 25 heavy (non-hydrogen) atoms. The van der Waals surface area contributed by atoms with Crippen LogP contribution in [0.1, 0.15) is 31.7 Å². The van der Waals surface area contributed by atoms with Crippen LogP contribution in [-0.2, 0) is 14.3 Å². The molecule has 0 spiro atoms. The maximum absolute atomic E-state index is 12.1. The highest BCUT2D eigenvalue weighted by molar-refractivity contribution is 9.10. The minimum absolute atomic E-state index is 0.0107. The van der Waals surface area contributed by atoms with Crippen molar-refractivity contribution in [3.63, 3.8) is 0 Å². The van der Waals surface area contributed by atoms with Crippen LogP contribution in [-0.4, -0.2) is 48.2 Å². The molecule has 0 saturated carbocycles. The molecule has 1 amide bonds. The molecule has 0 unspecified atom stereocenters. The van der Waals surface area contributed by atoms with E-state index in [-0.39, 0.29) is 30.1 Å². The highest BCUT2D eigenvalue weighted by Gasteiger charge is 2.23. The fraction of sp³-hybridized carbons (Fsp3) is 0.444. The molecule has 136 valence electrons. The number of hydrogen-bond donors (Lipinski definition) is 1. The second kappa shape index (κ2) is 8.89. The number of phenolic OH excluding ortho intramolecular Hbond substituents is 1. The number of carbonyl (C=O) groups is 2. The van der Waals surface area contributed by atoms with E-state index in [1.807, 2.05) is 6.92 Å². The number of piperidine rings is 1. The van der Waals surface area contributed by atoms with Gasteiger partial charge < -0.3 is 19.5 Å². The van der Waals surface area contributed by atoms with Gasteiger partial charge in [0.05, 0.1) is 11.6 Å². The van der Waals surface area contributed by atoms with Gasteiger partial charge >= 0.3 is 5.97 Å². The summed E-state index contributed by atoms with van der Waals surface area (Å²) in [5.41, 5.74) is 0.648. The Kier molecular flexibility index (Phi) is 6.87. The first kappa shape index (κ1) is 19.3. The first-order chi connectivity index (χ1) is 11.9. The molecular formula is C18H22BrNO5. The molecule has 2 rings (SSSR count). The fourth-order valence-corrected chi connectivity index (χ4v) is 3.20. The quantitative estimate of drug-likeness (QED) is 0.594. The highest BCUT2D eigenvalue weighted by Crippen LogP contribution is 2.35. The molecule has 1 aromatic rings. The number of benzene rings is 1. The van der Waals surface area contributed by atoms with Gasteiger partial charge in [-0.05, 0) is 65.9 Å². The Bertz CT molecular complexity index is 674. The van der Waals surface area contributed by atoms with Crippen molar-refractivity contribution >= 4 is 33.9 Å². The van der Waals surface area contributed by atoms with Crippen molar-refractivity contribution in [2.75, 3.05) is 20.3 Å². The van der Waals surface area contributed by atoms with Crippen molar-refractivity contribution in [2.24, 2.45) is 0 Å². The Labute approximate surface area is 155 Å². The van der Waals surface area contributed by atoms with E-state index < -0.39 is 5.97 Å². The van der Waals surface area contributed by atoms with Crippen molar-refractivity contribution in [3.8, 4) is 11.5 Å². The van der Waals surface area contributed by atoms with Gasteiger partial charge in [-0.3, -0.25) is 4.79 Å². The van der Waals surface area contributed by atoms with Crippen LogP contribution in [0.3, 0.4) is 0 Å². The number of phenols is 1. The minimum atomic E-state index is -0.596. The molecule has 0 aromatic heterocycles. The van der Waals surface area contributed by atoms with E-state index in [4.69, 9.17) is 9.47 Å². The summed E-state index contributed by atoms with van der Waals surface area (Å²) in [5.74, 6) is -0.482. The summed E-state index contributed by atoms with van der Waals surface area (Å²) < 4.78 is 10.5. The van der Waals surface area contributed by atoms with Crippen LogP contribution >= 0.6 is 15.9 Å². The van der Waals surface area contributed by atoms with Crippen LogP contribution in [0, 0.1) is 0 Å². The number of methoxy groups -OCH3 is 1. The van der Waals surface area contributed by atoms with Gasteiger partial charge in [0.15, 0.2) is 18.1 Å². The fourth-order valence-electron chi connectivity index (χ4n) is 2.74. The predicted octanol–water partition coefficient (Wildman–Crippen LogP) is 3.12. The first-order valence-corrected chi connectivity index (χ1v) is 8.92. The van der Waals surface area contributed by atoms with Crippen LogP contribution in [0.25, 0.3) is 6.08 Å². The van der Waals surface area contributed by atoms with E-state index in [0.29, 0.717) is 16.6 Å². The van der Waals surface area contributed by atoms with Crippen LogP contribution in [0.2, 0.25) is 0 Å². The topological polar surface area (TPSA) is 76.1 Å². The van der Waals surface area contributed by atoms with Gasteiger partial charge in [-0.2, -0.15) is 0 Å². The van der Waals surface area contributed by atoms with Crippen molar-refractivity contribution in [1.82, 2.24) is 4.90 Å². The lowest BCUT2D eigenvalue weighted by atomic mass is 10.0. The summed E-state index contributed by atoms with van der Waals surface area (Å²) in [6.07, 6.45) is 5.87. The van der Waals surface area contributed by atoms with E-state index in [1.54, 1.807) is 17.0 Å². The lowest BCUT2D eigenvalue weighted by Gasteiger charge is -2.33. The summed E-state index contributed by atoms with van der Waals surface area (Å²) in [4.78, 5) is 25.7. The summed E-state index contributed by atoms with van der Waals surface area (Å²) >= 11 is 3.21. The zero-order chi connectivity index (χ0) is 18.4. The minimum Gasteiger partial charge on any atom is -0.503 e. The molecule has 1 aliphatic rings. The van der Waals surface area contributed by atoms with Crippen molar-refractivity contribution in [2.45, 2.75) is 32.2 Å². The van der Waals surface area contributed by atoms with Crippen LogP contribution in [0.15, 0.2) is 22.7 Å². The van der Waals surface area contributed by atoms with E-state index in [2.05, 4.69) is 15.9 Å². The number of amides is 1. The number of ether oxygens (including phenoxy) is 2. The molecule has 1 aromatic carbocycles. The van der Waals surface area contributed by atoms with Gasteiger partial charge in [-0.1, -0.05) is 0 Å². The van der Waals surface area contributed by atoms with Gasteiger partial charge in [0, 0.05) is 18.7 Å². The van der Waals surface area contributed by atoms with Gasteiger partial charge in [0.25, 0.3) is 5.91 Å². The maximum atomic E-state index is 12.1. The molecular weight excluding hydrogens is 390 g/mol. The summed E-state index contributed by atoms with van der Waals surface area (Å²) in [6, 6.07) is 3.42. The third-order valence-corrected chi connectivity index (χ3v) is 4.75. The lowest BCUT2D eigenvalue weighted by Crippen LogP contribution is -2.44. The third-order valence-electron chi connectivity index (χ3n) is 4.14. The lowest BCUT2D eigenvalue weighted by molar-refractivity contribution is -0.149. The molecule has 7 heteroatoms. The Balaban J connectivity index is 1.90. The number of likely N-dealkylation sites (tertiary alicyclic amines) is 1. The predicted molar refractivity (Wildman–Crippen MR) is 97.4 cm³/mol. The number of aromatic hydroxyl groups is 1. The number of carbonyl (C=O) groups excluding carboxylic acids is 2. The Morgan fingerprint density at radius 3 is 2.84 bits per heavy atom. The Hall–Kier alpha value is -2.02. The average molecular weight is 412 g/mol. The van der Waals surface area contributed by atoms with Crippen molar-refractivity contribution < 1.29 is 24.2 Å². The second-order valence-corrected chi connectivity index (χ2v) is 6.78. The van der Waals surface area contributed by atoms with Crippen LogP contribution in [0.5, 0.6) is 11.5 Å². The number of nitrogens with zero attached hydrogens (tertiary/aromatic N) is 1. The average Bonchev–Trinajstić information content (AvgIpc) is 2.60. The normalized spacial score (nSPS) is 17.6. The molecule has 1 saturated heterocycles. The van der Waals surface area contributed by atoms with Crippen molar-refractivity contribution in [3.05, 3.63) is 28.2 Å². The molecule has 1 aliphatic heterocycles. The standard InChI is InChI=1S/C18H22BrNO5/c1-12-5-3-4-8-20(12)16(21)11-25-17(22)7-6-13-9-14(19)18(23)15(10-13)24-2/h6-7,9-10,12,23H,3-5,8,11H2,1-2H3/b7-6+/t12-/m0/s1. The highest BCUT2D eigenvalue weighted by atomic mass is 79.9. The monoisotopic (exact) mass is 411 g/mol. The van der Waals surface area contributed by atoms with Gasteiger partial charge in [0.2, 0.25) is 0 Å². The first-order valence-electron chi connectivity index (χ1n) is 8.13. The number of halogens is 1. The second-order valence-electron chi connectivity index (χ2n) is 5.93. The Morgan fingerprint density at radius 2 is 2.16 bits per heavy atom. The van der Waals surface area contributed by atoms with Gasteiger partial charge in [-0.25, -0.2) is 4.79 Å². The van der Waals surface area contributed by atoms with E-state index in [1.165, 1.54) is 19.3 Å². The van der Waals surface area contributed by atoms with Crippen LogP contribution < -0.4 is 4.74 Å². The zero-order valence-electron chi connectivity index (χ0n) is 14.3. The van der Waals surface area contributed by atoms with E-state index in [0.717, 1.165) is 19.3 Å². The summed E-state index contributed by atoms with van der Waals surface area (Å²) in [5, 5.41) is 9.76. The molecule has 1 heterocycles. The Morgan fingerprint density at radius 1 is 1.40 bits per heavy atom.